The van der Waals surface area contributed by atoms with Crippen LogP contribution in [0, 0.1) is 5.92 Å². The van der Waals surface area contributed by atoms with Crippen LogP contribution in [-0.2, 0) is 29.0 Å². The predicted molar refractivity (Wildman–Crippen MR) is 114 cm³/mol. The highest BCUT2D eigenvalue weighted by atomic mass is 32.2. The molecule has 0 bridgehead atoms. The van der Waals surface area contributed by atoms with E-state index in [0.29, 0.717) is 17.6 Å². The van der Waals surface area contributed by atoms with Crippen molar-refractivity contribution >= 4 is 15.7 Å². The molecule has 2 aromatic carbocycles. The van der Waals surface area contributed by atoms with Gasteiger partial charge in [0.25, 0.3) is 10.0 Å². The zero-order chi connectivity index (χ0) is 22.2. The molecule has 0 unspecified atom stereocenters. The van der Waals surface area contributed by atoms with Crippen LogP contribution >= 0.6 is 0 Å². The number of sulfonamides is 1. The second kappa shape index (κ2) is 8.47. The molecule has 1 saturated heterocycles. The Balaban J connectivity index is 1.53. The van der Waals surface area contributed by atoms with Gasteiger partial charge in [-0.15, -0.1) is 0 Å². The number of likely N-dealkylation sites (tertiary alicyclic amines) is 1. The Morgan fingerprint density at radius 3 is 2.48 bits per heavy atom. The lowest BCUT2D eigenvalue weighted by atomic mass is 9.75. The topological polar surface area (TPSA) is 49.4 Å². The van der Waals surface area contributed by atoms with Crippen molar-refractivity contribution in [1.82, 2.24) is 4.90 Å². The molecule has 1 N–H and O–H groups in total. The Bertz CT molecular complexity index is 1030. The SMILES string of the molecule is CCCN1CCC[C@H]2Cc3ccc(NS(=O)(=O)c4ccc(C(F)(F)F)cc4)cc3C[C@@H]21. The quantitative estimate of drug-likeness (QED) is 0.687. The van der Waals surface area contributed by atoms with E-state index in [0.717, 1.165) is 62.2 Å². The van der Waals surface area contributed by atoms with Crippen LogP contribution in [0.1, 0.15) is 42.9 Å². The summed E-state index contributed by atoms with van der Waals surface area (Å²) in [5.74, 6) is 0.641. The van der Waals surface area contributed by atoms with Crippen molar-refractivity contribution in [2.45, 2.75) is 56.1 Å². The number of hydrogen-bond acceptors (Lipinski definition) is 3. The smallest absolute Gasteiger partial charge is 0.300 e. The standard InChI is InChI=1S/C23H27F3N2O2S/c1-2-11-28-12-3-4-17-13-16-5-8-20(14-18(16)15-22(17)28)27-31(29,30)21-9-6-19(7-10-21)23(24,25)26/h5-10,14,17,22,27H,2-4,11-13,15H2,1H3/t17-,22-/m0/s1. The number of benzene rings is 2. The third-order valence-corrected chi connectivity index (χ3v) is 7.80. The van der Waals surface area contributed by atoms with Gasteiger partial charge in [0.15, 0.2) is 0 Å². The first-order valence-electron chi connectivity index (χ1n) is 10.7. The highest BCUT2D eigenvalue weighted by molar-refractivity contribution is 7.92. The molecule has 1 heterocycles. The zero-order valence-corrected chi connectivity index (χ0v) is 18.3. The van der Waals surface area contributed by atoms with Gasteiger partial charge in [-0.3, -0.25) is 9.62 Å². The summed E-state index contributed by atoms with van der Waals surface area (Å²) in [6.45, 7) is 4.38. The van der Waals surface area contributed by atoms with Crippen LogP contribution in [0.5, 0.6) is 0 Å². The highest BCUT2D eigenvalue weighted by Gasteiger charge is 2.35. The van der Waals surface area contributed by atoms with Gasteiger partial charge in [-0.25, -0.2) is 8.42 Å². The Hall–Kier alpha value is -2.06. The molecule has 4 rings (SSSR count). The number of piperidine rings is 1. The fourth-order valence-corrected chi connectivity index (χ4v) is 5.98. The van der Waals surface area contributed by atoms with Crippen molar-refractivity contribution in [2.24, 2.45) is 5.92 Å². The number of fused-ring (bicyclic) bond motifs is 2. The van der Waals surface area contributed by atoms with Crippen LogP contribution in [0.15, 0.2) is 47.4 Å². The summed E-state index contributed by atoms with van der Waals surface area (Å²) in [6.07, 6.45) is 0.968. The second-order valence-corrected chi connectivity index (χ2v) is 10.2. The molecule has 2 aliphatic rings. The minimum Gasteiger partial charge on any atom is -0.300 e. The first-order valence-corrected chi connectivity index (χ1v) is 12.2. The molecule has 31 heavy (non-hydrogen) atoms. The summed E-state index contributed by atoms with van der Waals surface area (Å²) in [6, 6.07) is 9.63. The highest BCUT2D eigenvalue weighted by Crippen LogP contribution is 2.36. The summed E-state index contributed by atoms with van der Waals surface area (Å²) in [7, 11) is -3.97. The molecule has 1 fully saturated rings. The van der Waals surface area contributed by atoms with E-state index >= 15 is 0 Å². The fourth-order valence-electron chi connectivity index (χ4n) is 4.94. The Kier molecular flexibility index (Phi) is 6.05. The molecule has 168 valence electrons. The maximum absolute atomic E-state index is 12.7. The molecule has 1 aliphatic carbocycles. The number of nitrogens with zero attached hydrogens (tertiary/aromatic N) is 1. The summed E-state index contributed by atoms with van der Waals surface area (Å²) in [5, 5.41) is 0. The monoisotopic (exact) mass is 452 g/mol. The summed E-state index contributed by atoms with van der Waals surface area (Å²) in [5.41, 5.74) is 1.97. The normalized spacial score (nSPS) is 21.9. The number of hydrogen-bond donors (Lipinski definition) is 1. The van der Waals surface area contributed by atoms with Crippen LogP contribution in [0.3, 0.4) is 0 Å². The van der Waals surface area contributed by atoms with E-state index in [1.807, 2.05) is 12.1 Å². The van der Waals surface area contributed by atoms with Crippen molar-refractivity contribution in [3.63, 3.8) is 0 Å². The van der Waals surface area contributed by atoms with Crippen molar-refractivity contribution in [3.05, 3.63) is 59.2 Å². The zero-order valence-electron chi connectivity index (χ0n) is 17.5. The van der Waals surface area contributed by atoms with Gasteiger partial charge in [-0.2, -0.15) is 13.2 Å². The molecule has 0 aromatic heterocycles. The molecule has 0 spiro atoms. The molecule has 4 nitrogen and oxygen atoms in total. The first kappa shape index (κ1) is 22.1. The van der Waals surface area contributed by atoms with E-state index in [-0.39, 0.29) is 4.90 Å². The molecule has 8 heteroatoms. The van der Waals surface area contributed by atoms with Gasteiger partial charge >= 0.3 is 6.18 Å². The van der Waals surface area contributed by atoms with Gasteiger partial charge in [-0.05, 0) is 98.6 Å². The number of rotatable bonds is 5. The van der Waals surface area contributed by atoms with Crippen molar-refractivity contribution < 1.29 is 21.6 Å². The minimum absolute atomic E-state index is 0.195. The van der Waals surface area contributed by atoms with Crippen LogP contribution in [0.2, 0.25) is 0 Å². The molecule has 2 aromatic rings. The Labute approximate surface area is 181 Å². The summed E-state index contributed by atoms with van der Waals surface area (Å²) >= 11 is 0. The fraction of sp³-hybridized carbons (Fsp3) is 0.478. The van der Waals surface area contributed by atoms with E-state index in [1.165, 1.54) is 18.4 Å². The van der Waals surface area contributed by atoms with Crippen molar-refractivity contribution in [3.8, 4) is 0 Å². The second-order valence-electron chi connectivity index (χ2n) is 8.52. The van der Waals surface area contributed by atoms with Gasteiger partial charge in [0.05, 0.1) is 10.5 Å². The third-order valence-electron chi connectivity index (χ3n) is 6.41. The van der Waals surface area contributed by atoms with E-state index in [2.05, 4.69) is 16.5 Å². The average Bonchev–Trinajstić information content (AvgIpc) is 2.72. The van der Waals surface area contributed by atoms with Gasteiger partial charge in [0, 0.05) is 11.7 Å². The van der Waals surface area contributed by atoms with Gasteiger partial charge in [0.1, 0.15) is 0 Å². The number of nitrogens with one attached hydrogen (secondary N) is 1. The van der Waals surface area contributed by atoms with Crippen LogP contribution in [0.25, 0.3) is 0 Å². The lowest BCUT2D eigenvalue weighted by molar-refractivity contribution is -0.137. The number of halogens is 3. The minimum atomic E-state index is -4.50. The maximum atomic E-state index is 12.7. The molecular formula is C23H27F3N2O2S. The Morgan fingerprint density at radius 2 is 1.81 bits per heavy atom. The lowest BCUT2D eigenvalue weighted by Gasteiger charge is -2.44. The average molecular weight is 453 g/mol. The van der Waals surface area contributed by atoms with Gasteiger partial charge in [-0.1, -0.05) is 13.0 Å². The van der Waals surface area contributed by atoms with E-state index in [1.54, 1.807) is 6.07 Å². The molecule has 0 amide bonds. The largest absolute Gasteiger partial charge is 0.416 e. The number of alkyl halides is 3. The summed E-state index contributed by atoms with van der Waals surface area (Å²) < 4.78 is 66.2. The van der Waals surface area contributed by atoms with Crippen molar-refractivity contribution in [1.29, 1.82) is 0 Å². The third kappa shape index (κ3) is 4.75. The van der Waals surface area contributed by atoms with Gasteiger partial charge < -0.3 is 0 Å². The lowest BCUT2D eigenvalue weighted by Crippen LogP contribution is -2.49. The summed E-state index contributed by atoms with van der Waals surface area (Å²) in [4.78, 5) is 2.37. The van der Waals surface area contributed by atoms with Crippen LogP contribution < -0.4 is 4.72 Å². The first-order chi connectivity index (χ1) is 14.7. The maximum Gasteiger partial charge on any atom is 0.416 e. The predicted octanol–water partition coefficient (Wildman–Crippen LogP) is 5.10. The van der Waals surface area contributed by atoms with E-state index in [9.17, 15) is 21.6 Å². The molecular weight excluding hydrogens is 425 g/mol. The molecule has 1 aliphatic heterocycles. The van der Waals surface area contributed by atoms with Gasteiger partial charge in [0.2, 0.25) is 0 Å². The van der Waals surface area contributed by atoms with Crippen LogP contribution in [0.4, 0.5) is 18.9 Å². The van der Waals surface area contributed by atoms with Crippen molar-refractivity contribution in [2.75, 3.05) is 17.8 Å². The van der Waals surface area contributed by atoms with E-state index in [4.69, 9.17) is 0 Å². The molecule has 0 radical (unpaired) electrons. The molecule has 2 atom stereocenters. The van der Waals surface area contributed by atoms with Crippen LogP contribution in [-0.4, -0.2) is 32.4 Å². The Morgan fingerprint density at radius 1 is 1.06 bits per heavy atom. The number of anilines is 1. The van der Waals surface area contributed by atoms with E-state index < -0.39 is 21.8 Å². The molecule has 0 saturated carbocycles.